The number of halogens is 5. The van der Waals surface area contributed by atoms with Crippen molar-refractivity contribution < 1.29 is 26.3 Å². The molecule has 0 radical (unpaired) electrons. The maximum Gasteiger partial charge on any atom is 0.573 e. The Morgan fingerprint density at radius 2 is 1.54 bits per heavy atom. The molecule has 10 heteroatoms. The second kappa shape index (κ2) is 7.18. The molecule has 24 heavy (non-hydrogen) atoms. The Kier molecular flexibility index (Phi) is 5.64. The first-order chi connectivity index (χ1) is 11.0. The summed E-state index contributed by atoms with van der Waals surface area (Å²) in [6, 6.07) is 8.42. The first-order valence-corrected chi connectivity index (χ1v) is 8.59. The number of hydrogen-bond donors (Lipinski definition) is 1. The molecule has 4 nitrogen and oxygen atoms in total. The minimum atomic E-state index is -4.84. The topological polar surface area (TPSA) is 55.4 Å². The number of sulfonamides is 1. The molecule has 0 aliphatic carbocycles. The van der Waals surface area contributed by atoms with E-state index < -0.39 is 22.1 Å². The minimum Gasteiger partial charge on any atom is -0.406 e. The van der Waals surface area contributed by atoms with E-state index in [-0.39, 0.29) is 11.4 Å². The van der Waals surface area contributed by atoms with Crippen molar-refractivity contribution in [3.8, 4) is 5.75 Å². The van der Waals surface area contributed by atoms with Crippen molar-refractivity contribution in [3.63, 3.8) is 0 Å². The zero-order chi connectivity index (χ0) is 18.0. The van der Waals surface area contributed by atoms with Crippen LogP contribution in [0.1, 0.15) is 5.56 Å². The Bertz CT molecular complexity index is 804. The van der Waals surface area contributed by atoms with Crippen LogP contribution >= 0.6 is 23.2 Å². The molecule has 0 unspecified atom stereocenters. The predicted molar refractivity (Wildman–Crippen MR) is 83.6 cm³/mol. The summed E-state index contributed by atoms with van der Waals surface area (Å²) < 4.78 is 66.5. The molecule has 1 N–H and O–H groups in total. The molecule has 0 atom stereocenters. The van der Waals surface area contributed by atoms with Crippen molar-refractivity contribution in [2.45, 2.75) is 17.8 Å². The van der Waals surface area contributed by atoms with Crippen molar-refractivity contribution in [1.29, 1.82) is 0 Å². The van der Waals surface area contributed by atoms with Crippen LogP contribution < -0.4 is 9.46 Å². The summed E-state index contributed by atoms with van der Waals surface area (Å²) >= 11 is 11.6. The molecule has 2 rings (SSSR count). The molecule has 0 bridgehead atoms. The molecule has 0 fully saturated rings. The smallest absolute Gasteiger partial charge is 0.406 e. The molecule has 0 aromatic heterocycles. The highest BCUT2D eigenvalue weighted by molar-refractivity contribution is 7.89. The van der Waals surface area contributed by atoms with Crippen LogP contribution in [0.25, 0.3) is 0 Å². The van der Waals surface area contributed by atoms with E-state index in [1.54, 1.807) is 0 Å². The second-order valence-electron chi connectivity index (χ2n) is 4.62. The molecule has 2 aromatic rings. The SMILES string of the molecule is O=S(=O)(NCc1cc(Cl)cc(Cl)c1)c1ccc(OC(F)(F)F)cc1. The van der Waals surface area contributed by atoms with Crippen LogP contribution in [0.3, 0.4) is 0 Å². The van der Waals surface area contributed by atoms with E-state index in [2.05, 4.69) is 9.46 Å². The fourth-order valence-corrected chi connectivity index (χ4v) is 3.38. The van der Waals surface area contributed by atoms with Gasteiger partial charge in [0.15, 0.2) is 0 Å². The summed E-state index contributed by atoms with van der Waals surface area (Å²) in [5.41, 5.74) is 0.535. The van der Waals surface area contributed by atoms with Gasteiger partial charge in [-0.05, 0) is 48.0 Å². The van der Waals surface area contributed by atoms with Gasteiger partial charge in [-0.3, -0.25) is 0 Å². The van der Waals surface area contributed by atoms with Crippen molar-refractivity contribution in [3.05, 3.63) is 58.1 Å². The third-order valence-corrected chi connectivity index (χ3v) is 4.61. The van der Waals surface area contributed by atoms with E-state index in [9.17, 15) is 21.6 Å². The lowest BCUT2D eigenvalue weighted by Crippen LogP contribution is -2.23. The van der Waals surface area contributed by atoms with Crippen LogP contribution in [-0.4, -0.2) is 14.8 Å². The van der Waals surface area contributed by atoms with E-state index in [4.69, 9.17) is 23.2 Å². The zero-order valence-corrected chi connectivity index (χ0v) is 14.1. The van der Waals surface area contributed by atoms with E-state index in [1.165, 1.54) is 18.2 Å². The maximum atomic E-state index is 12.1. The Balaban J connectivity index is 2.09. The van der Waals surface area contributed by atoms with Gasteiger partial charge < -0.3 is 4.74 Å². The monoisotopic (exact) mass is 399 g/mol. The molecular formula is C14H10Cl2F3NO3S. The zero-order valence-electron chi connectivity index (χ0n) is 11.8. The number of rotatable bonds is 5. The lowest BCUT2D eigenvalue weighted by molar-refractivity contribution is -0.274. The number of nitrogens with one attached hydrogen (secondary N) is 1. The summed E-state index contributed by atoms with van der Waals surface area (Å²) in [5.74, 6) is -0.511. The van der Waals surface area contributed by atoms with Gasteiger partial charge in [0.2, 0.25) is 10.0 Å². The van der Waals surface area contributed by atoms with Crippen molar-refractivity contribution in [1.82, 2.24) is 4.72 Å². The highest BCUT2D eigenvalue weighted by Crippen LogP contribution is 2.24. The summed E-state index contributed by atoms with van der Waals surface area (Å²) in [7, 11) is -3.92. The van der Waals surface area contributed by atoms with Crippen LogP contribution in [0.15, 0.2) is 47.4 Å². The lowest BCUT2D eigenvalue weighted by Gasteiger charge is -2.10. The van der Waals surface area contributed by atoms with Crippen molar-refractivity contribution in [2.24, 2.45) is 0 Å². The Hall–Kier alpha value is -1.48. The molecule has 0 aliphatic rings. The molecule has 0 saturated carbocycles. The molecule has 0 spiro atoms. The molecule has 0 aliphatic heterocycles. The van der Waals surface area contributed by atoms with E-state index in [1.807, 2.05) is 0 Å². The Labute approximate surface area is 146 Å². The first kappa shape index (κ1) is 18.9. The van der Waals surface area contributed by atoms with Crippen LogP contribution in [0, 0.1) is 0 Å². The third kappa shape index (κ3) is 5.55. The van der Waals surface area contributed by atoms with Crippen molar-refractivity contribution in [2.75, 3.05) is 0 Å². The van der Waals surface area contributed by atoms with E-state index >= 15 is 0 Å². The van der Waals surface area contributed by atoms with Crippen molar-refractivity contribution >= 4 is 33.2 Å². The molecule has 0 amide bonds. The molecule has 0 saturated heterocycles. The standard InChI is InChI=1S/C14H10Cl2F3NO3S/c15-10-5-9(6-11(16)7-10)8-20-24(21,22)13-3-1-12(2-4-13)23-14(17,18)19/h1-7,20H,8H2. The summed E-state index contributed by atoms with van der Waals surface area (Å²) in [6.45, 7) is -0.0799. The first-order valence-electron chi connectivity index (χ1n) is 6.36. The van der Waals surface area contributed by atoms with E-state index in [0.717, 1.165) is 24.3 Å². The number of ether oxygens (including phenoxy) is 1. The van der Waals surface area contributed by atoms with Gasteiger partial charge in [-0.2, -0.15) is 0 Å². The van der Waals surface area contributed by atoms with Gasteiger partial charge in [-0.1, -0.05) is 23.2 Å². The highest BCUT2D eigenvalue weighted by atomic mass is 35.5. The van der Waals surface area contributed by atoms with Crippen LogP contribution in [0.2, 0.25) is 10.0 Å². The van der Waals surface area contributed by atoms with Gasteiger partial charge in [0.1, 0.15) is 5.75 Å². The molecule has 130 valence electrons. The minimum absolute atomic E-state index is 0.0799. The van der Waals surface area contributed by atoms with Crippen LogP contribution in [0.4, 0.5) is 13.2 Å². The number of hydrogen-bond acceptors (Lipinski definition) is 3. The quantitative estimate of drug-likeness (QED) is 0.811. The van der Waals surface area contributed by atoms with Gasteiger partial charge in [0, 0.05) is 16.6 Å². The summed E-state index contributed by atoms with van der Waals surface area (Å²) in [4.78, 5) is -0.204. The van der Waals surface area contributed by atoms with Crippen LogP contribution in [0.5, 0.6) is 5.75 Å². The number of benzene rings is 2. The van der Waals surface area contributed by atoms with Gasteiger partial charge in [0.05, 0.1) is 4.90 Å². The summed E-state index contributed by atoms with van der Waals surface area (Å²) in [5, 5.41) is 0.704. The predicted octanol–water partition coefficient (Wildman–Crippen LogP) is 4.37. The third-order valence-electron chi connectivity index (χ3n) is 2.76. The maximum absolute atomic E-state index is 12.1. The molecular weight excluding hydrogens is 390 g/mol. The van der Waals surface area contributed by atoms with Gasteiger partial charge in [0.25, 0.3) is 0 Å². The van der Waals surface area contributed by atoms with Gasteiger partial charge >= 0.3 is 6.36 Å². The highest BCUT2D eigenvalue weighted by Gasteiger charge is 2.31. The molecule has 2 aromatic carbocycles. The summed E-state index contributed by atoms with van der Waals surface area (Å²) in [6.07, 6.45) is -4.84. The second-order valence-corrected chi connectivity index (χ2v) is 7.26. The average molecular weight is 400 g/mol. The normalized spacial score (nSPS) is 12.2. The number of alkyl halides is 3. The largest absolute Gasteiger partial charge is 0.573 e. The lowest BCUT2D eigenvalue weighted by atomic mass is 10.2. The Morgan fingerprint density at radius 1 is 1.00 bits per heavy atom. The fraction of sp³-hybridized carbons (Fsp3) is 0.143. The Morgan fingerprint density at radius 3 is 2.04 bits per heavy atom. The average Bonchev–Trinajstić information content (AvgIpc) is 2.43. The van der Waals surface area contributed by atoms with Gasteiger partial charge in [-0.25, -0.2) is 13.1 Å². The fourth-order valence-electron chi connectivity index (χ4n) is 1.80. The van der Waals surface area contributed by atoms with E-state index in [0.29, 0.717) is 15.6 Å². The van der Waals surface area contributed by atoms with Crippen LogP contribution in [-0.2, 0) is 16.6 Å². The molecule has 0 heterocycles. The van der Waals surface area contributed by atoms with Gasteiger partial charge in [-0.15, -0.1) is 13.2 Å².